The molecule has 0 aromatic heterocycles. The first kappa shape index (κ1) is 10.1. The summed E-state index contributed by atoms with van der Waals surface area (Å²) in [6.07, 6.45) is 1.23. The van der Waals surface area contributed by atoms with Crippen molar-refractivity contribution in [3.8, 4) is 0 Å². The van der Waals surface area contributed by atoms with Crippen molar-refractivity contribution < 1.29 is 0 Å². The molecule has 1 heteroatoms. The van der Waals surface area contributed by atoms with Gasteiger partial charge in [-0.3, -0.25) is 0 Å². The zero-order valence-corrected chi connectivity index (χ0v) is 8.80. The number of fused-ring (bicyclic) bond motifs is 1. The highest BCUT2D eigenvalue weighted by Crippen LogP contribution is 2.23. The van der Waals surface area contributed by atoms with Crippen LogP contribution in [0, 0.1) is 5.92 Å². The monoisotopic (exact) mass is 177 g/mol. The minimum Gasteiger partial charge on any atom is -0.385 e. The highest BCUT2D eigenvalue weighted by molar-refractivity contribution is 5.52. The van der Waals surface area contributed by atoms with Crippen molar-refractivity contribution in [3.05, 3.63) is 29.8 Å². The minimum absolute atomic E-state index is 0.782. The number of para-hydroxylation sites is 1. The maximum atomic E-state index is 3.41. The van der Waals surface area contributed by atoms with Gasteiger partial charge in [-0.2, -0.15) is 0 Å². The minimum atomic E-state index is 0.782. The lowest BCUT2D eigenvalue weighted by Gasteiger charge is -2.22. The van der Waals surface area contributed by atoms with E-state index in [9.17, 15) is 0 Å². The van der Waals surface area contributed by atoms with Crippen LogP contribution in [0.3, 0.4) is 0 Å². The van der Waals surface area contributed by atoms with Crippen molar-refractivity contribution >= 4 is 5.69 Å². The van der Waals surface area contributed by atoms with Gasteiger partial charge in [-0.05, 0) is 24.0 Å². The quantitative estimate of drug-likeness (QED) is 0.641. The van der Waals surface area contributed by atoms with E-state index in [1.807, 2.05) is 13.8 Å². The second-order valence-electron chi connectivity index (χ2n) is 3.35. The molecular weight excluding hydrogens is 158 g/mol. The third-order valence-corrected chi connectivity index (χ3v) is 2.23. The van der Waals surface area contributed by atoms with E-state index >= 15 is 0 Å². The number of hydrogen-bond donors (Lipinski definition) is 1. The lowest BCUT2D eigenvalue weighted by atomic mass is 9.96. The Balaban J connectivity index is 0.000000396. The van der Waals surface area contributed by atoms with Crippen LogP contribution in [0.15, 0.2) is 24.3 Å². The summed E-state index contributed by atoms with van der Waals surface area (Å²) >= 11 is 0. The normalized spacial score (nSPS) is 19.2. The van der Waals surface area contributed by atoms with Crippen molar-refractivity contribution in [1.82, 2.24) is 0 Å². The van der Waals surface area contributed by atoms with Crippen molar-refractivity contribution in [3.63, 3.8) is 0 Å². The molecule has 0 saturated heterocycles. The maximum absolute atomic E-state index is 3.41. The molecule has 0 saturated carbocycles. The molecule has 0 fully saturated rings. The SMILES string of the molecule is CC.CC1CNc2ccccc2C1. The van der Waals surface area contributed by atoms with Crippen LogP contribution in [0.5, 0.6) is 0 Å². The highest BCUT2D eigenvalue weighted by Gasteiger charge is 2.12. The van der Waals surface area contributed by atoms with Crippen molar-refractivity contribution in [2.75, 3.05) is 11.9 Å². The molecule has 1 aromatic carbocycles. The van der Waals surface area contributed by atoms with E-state index < -0.39 is 0 Å². The van der Waals surface area contributed by atoms with E-state index in [1.54, 1.807) is 0 Å². The van der Waals surface area contributed by atoms with Crippen LogP contribution in [0.25, 0.3) is 0 Å². The Labute approximate surface area is 81.2 Å². The highest BCUT2D eigenvalue weighted by atomic mass is 14.9. The van der Waals surface area contributed by atoms with Crippen molar-refractivity contribution in [1.29, 1.82) is 0 Å². The summed E-state index contributed by atoms with van der Waals surface area (Å²) in [5, 5.41) is 3.41. The van der Waals surface area contributed by atoms with Gasteiger partial charge >= 0.3 is 0 Å². The Hall–Kier alpha value is -0.980. The molecule has 2 rings (SSSR count). The molecule has 1 heterocycles. The molecule has 1 N–H and O–H groups in total. The van der Waals surface area contributed by atoms with E-state index in [0.29, 0.717) is 0 Å². The summed E-state index contributed by atoms with van der Waals surface area (Å²) in [6, 6.07) is 8.56. The fourth-order valence-electron chi connectivity index (χ4n) is 1.60. The van der Waals surface area contributed by atoms with Gasteiger partial charge in [0.05, 0.1) is 0 Å². The van der Waals surface area contributed by atoms with Crippen LogP contribution in [0.4, 0.5) is 5.69 Å². The van der Waals surface area contributed by atoms with Gasteiger partial charge in [0.25, 0.3) is 0 Å². The van der Waals surface area contributed by atoms with Gasteiger partial charge in [-0.25, -0.2) is 0 Å². The molecule has 1 aliphatic heterocycles. The summed E-state index contributed by atoms with van der Waals surface area (Å²) in [5.41, 5.74) is 2.79. The number of anilines is 1. The van der Waals surface area contributed by atoms with E-state index in [4.69, 9.17) is 0 Å². The van der Waals surface area contributed by atoms with Crippen LogP contribution in [0.1, 0.15) is 26.3 Å². The molecule has 1 aromatic rings. The van der Waals surface area contributed by atoms with E-state index in [0.717, 1.165) is 12.5 Å². The Morgan fingerprint density at radius 3 is 2.69 bits per heavy atom. The summed E-state index contributed by atoms with van der Waals surface area (Å²) in [4.78, 5) is 0. The van der Waals surface area contributed by atoms with Gasteiger partial charge in [-0.15, -0.1) is 0 Å². The van der Waals surface area contributed by atoms with E-state index in [2.05, 4.69) is 36.5 Å². The number of nitrogens with one attached hydrogen (secondary N) is 1. The first-order chi connectivity index (χ1) is 6.36. The van der Waals surface area contributed by atoms with Crippen LogP contribution in [-0.4, -0.2) is 6.54 Å². The largest absolute Gasteiger partial charge is 0.385 e. The third kappa shape index (κ3) is 2.48. The first-order valence-corrected chi connectivity index (χ1v) is 5.18. The van der Waals surface area contributed by atoms with E-state index in [1.165, 1.54) is 17.7 Å². The molecule has 0 bridgehead atoms. The van der Waals surface area contributed by atoms with Gasteiger partial charge in [0.1, 0.15) is 0 Å². The molecule has 0 amide bonds. The Morgan fingerprint density at radius 1 is 1.23 bits per heavy atom. The predicted octanol–water partition coefficient (Wildman–Crippen LogP) is 3.32. The molecule has 0 aliphatic carbocycles. The lowest BCUT2D eigenvalue weighted by Crippen LogP contribution is -2.20. The second-order valence-corrected chi connectivity index (χ2v) is 3.35. The zero-order valence-electron chi connectivity index (χ0n) is 8.80. The fourth-order valence-corrected chi connectivity index (χ4v) is 1.60. The number of hydrogen-bond acceptors (Lipinski definition) is 1. The topological polar surface area (TPSA) is 12.0 Å². The number of benzene rings is 1. The predicted molar refractivity (Wildman–Crippen MR) is 59.1 cm³/mol. The molecule has 72 valence electrons. The molecule has 1 unspecified atom stereocenters. The average Bonchev–Trinajstić information content (AvgIpc) is 2.21. The molecule has 0 spiro atoms. The molecule has 1 nitrogen and oxygen atoms in total. The first-order valence-electron chi connectivity index (χ1n) is 5.18. The summed E-state index contributed by atoms with van der Waals surface area (Å²) in [6.45, 7) is 7.40. The summed E-state index contributed by atoms with van der Waals surface area (Å²) in [5.74, 6) is 0.782. The van der Waals surface area contributed by atoms with Crippen molar-refractivity contribution in [2.45, 2.75) is 27.2 Å². The van der Waals surface area contributed by atoms with Gasteiger partial charge in [0.2, 0.25) is 0 Å². The molecular formula is C12H19N. The van der Waals surface area contributed by atoms with Crippen molar-refractivity contribution in [2.24, 2.45) is 5.92 Å². The standard InChI is InChI=1S/C10H13N.C2H6/c1-8-6-9-4-2-3-5-10(9)11-7-8;1-2/h2-5,8,11H,6-7H2,1H3;1-2H3. The Bertz CT molecular complexity index is 255. The number of rotatable bonds is 0. The Kier molecular flexibility index (Phi) is 3.81. The molecule has 1 aliphatic rings. The summed E-state index contributed by atoms with van der Waals surface area (Å²) in [7, 11) is 0. The van der Waals surface area contributed by atoms with E-state index in [-0.39, 0.29) is 0 Å². The Morgan fingerprint density at radius 2 is 1.92 bits per heavy atom. The maximum Gasteiger partial charge on any atom is 0.0372 e. The molecule has 1 atom stereocenters. The van der Waals surface area contributed by atoms with Gasteiger partial charge in [0, 0.05) is 12.2 Å². The lowest BCUT2D eigenvalue weighted by molar-refractivity contribution is 0.595. The molecule has 0 radical (unpaired) electrons. The van der Waals surface area contributed by atoms with Crippen LogP contribution < -0.4 is 5.32 Å². The zero-order chi connectivity index (χ0) is 9.68. The summed E-state index contributed by atoms with van der Waals surface area (Å²) < 4.78 is 0. The molecule has 13 heavy (non-hydrogen) atoms. The van der Waals surface area contributed by atoms with Gasteiger partial charge < -0.3 is 5.32 Å². The van der Waals surface area contributed by atoms with Gasteiger partial charge in [0.15, 0.2) is 0 Å². The van der Waals surface area contributed by atoms with Crippen LogP contribution in [0.2, 0.25) is 0 Å². The fraction of sp³-hybridized carbons (Fsp3) is 0.500. The second kappa shape index (κ2) is 4.90. The average molecular weight is 177 g/mol. The van der Waals surface area contributed by atoms with Crippen LogP contribution in [-0.2, 0) is 6.42 Å². The third-order valence-electron chi connectivity index (χ3n) is 2.23. The van der Waals surface area contributed by atoms with Gasteiger partial charge in [-0.1, -0.05) is 39.0 Å². The van der Waals surface area contributed by atoms with Crippen LogP contribution >= 0.6 is 0 Å². The smallest absolute Gasteiger partial charge is 0.0372 e.